The Kier molecular flexibility index (Phi) is 2.18. The highest BCUT2D eigenvalue weighted by molar-refractivity contribution is 8.01. The number of anilines is 1. The minimum atomic E-state index is -0.490. The first-order valence-electron chi connectivity index (χ1n) is 3.99. The van der Waals surface area contributed by atoms with Crippen LogP contribution in [-0.2, 0) is 0 Å². The van der Waals surface area contributed by atoms with Crippen molar-refractivity contribution in [2.45, 2.75) is 5.37 Å². The number of nitro groups is 1. The topological polar surface area (TPSA) is 101 Å². The molecule has 76 valence electrons. The molecule has 1 atom stereocenters. The van der Waals surface area contributed by atoms with Crippen molar-refractivity contribution in [2.24, 2.45) is 5.73 Å². The molecule has 2 rings (SSSR count). The summed E-state index contributed by atoms with van der Waals surface area (Å²) in [7, 11) is 0. The second kappa shape index (κ2) is 3.38. The van der Waals surface area contributed by atoms with Crippen molar-refractivity contribution < 1.29 is 4.92 Å². The van der Waals surface area contributed by atoms with Gasteiger partial charge in [0.2, 0.25) is 0 Å². The molecule has 0 saturated heterocycles. The molecule has 1 aromatic carbocycles. The number of hydrogen-bond donors (Lipinski definition) is 1. The monoisotopic (exact) mass is 224 g/mol. The molecule has 1 aliphatic heterocycles. The van der Waals surface area contributed by atoms with Crippen molar-refractivity contribution in [1.29, 1.82) is 5.39 Å². The first-order chi connectivity index (χ1) is 7.13. The third kappa shape index (κ3) is 1.47. The Morgan fingerprint density at radius 2 is 2.40 bits per heavy atom. The summed E-state index contributed by atoms with van der Waals surface area (Å²) in [5.41, 5.74) is 6.85. The van der Waals surface area contributed by atoms with Crippen LogP contribution < -0.4 is 10.1 Å². The second-order valence-corrected chi connectivity index (χ2v) is 3.95. The number of rotatable bonds is 1. The standard InChI is InChI=1S/C7H6N5O2S/c8-7-5-3-4(12(13)14)1-2-6(5)11(10-9)15-7/h1-3,7H,8H2/q+1. The molecule has 1 unspecified atom stereocenters. The van der Waals surface area contributed by atoms with Crippen molar-refractivity contribution in [1.82, 2.24) is 0 Å². The SMILES string of the molecule is N#[N+]N1SC(N)c2cc([N+](=O)[O-])ccc21. The van der Waals surface area contributed by atoms with Crippen LogP contribution in [0.2, 0.25) is 0 Å². The molecule has 0 saturated carbocycles. The van der Waals surface area contributed by atoms with Gasteiger partial charge in [0.05, 0.1) is 21.3 Å². The summed E-state index contributed by atoms with van der Waals surface area (Å²) in [5, 5.41) is 21.7. The predicted octanol–water partition coefficient (Wildman–Crippen LogP) is 1.79. The van der Waals surface area contributed by atoms with E-state index in [1.807, 2.05) is 0 Å². The summed E-state index contributed by atoms with van der Waals surface area (Å²) in [4.78, 5) is 10.0. The summed E-state index contributed by atoms with van der Waals surface area (Å²) in [6, 6.07) is 4.24. The molecule has 0 aromatic heterocycles. The number of fused-ring (bicyclic) bond motifs is 1. The van der Waals surface area contributed by atoms with Gasteiger partial charge >= 0.3 is 5.08 Å². The zero-order valence-electron chi connectivity index (χ0n) is 7.40. The number of non-ortho nitro benzene ring substituents is 1. The minimum Gasteiger partial charge on any atom is -0.314 e. The Morgan fingerprint density at radius 3 is 3.00 bits per heavy atom. The lowest BCUT2D eigenvalue weighted by Gasteiger charge is -1.98. The smallest absolute Gasteiger partial charge is 0.314 e. The van der Waals surface area contributed by atoms with E-state index in [1.54, 1.807) is 0 Å². The van der Waals surface area contributed by atoms with Crippen molar-refractivity contribution in [3.05, 3.63) is 39.0 Å². The predicted molar refractivity (Wildman–Crippen MR) is 55.2 cm³/mol. The minimum absolute atomic E-state index is 0.0235. The van der Waals surface area contributed by atoms with E-state index < -0.39 is 10.3 Å². The van der Waals surface area contributed by atoms with Crippen LogP contribution in [0.1, 0.15) is 10.9 Å². The lowest BCUT2D eigenvalue weighted by atomic mass is 10.1. The summed E-state index contributed by atoms with van der Waals surface area (Å²) in [6.07, 6.45) is 0. The van der Waals surface area contributed by atoms with Gasteiger partial charge in [0.1, 0.15) is 11.1 Å². The summed E-state index contributed by atoms with van der Waals surface area (Å²) < 4.78 is 1.23. The number of hydrogen-bond acceptors (Lipinski definition) is 6. The molecular weight excluding hydrogens is 218 g/mol. The van der Waals surface area contributed by atoms with Crippen LogP contribution in [0.3, 0.4) is 0 Å². The van der Waals surface area contributed by atoms with Gasteiger partial charge in [-0.15, -0.1) is 0 Å². The molecule has 0 bridgehead atoms. The average molecular weight is 224 g/mol. The zero-order chi connectivity index (χ0) is 11.0. The van der Waals surface area contributed by atoms with Gasteiger partial charge in [0, 0.05) is 17.7 Å². The van der Waals surface area contributed by atoms with Crippen LogP contribution >= 0.6 is 11.9 Å². The molecule has 1 heterocycles. The highest BCUT2D eigenvalue weighted by atomic mass is 32.2. The first kappa shape index (κ1) is 9.70. The first-order valence-corrected chi connectivity index (χ1v) is 4.83. The van der Waals surface area contributed by atoms with Gasteiger partial charge in [0.15, 0.2) is 0 Å². The molecule has 0 aliphatic carbocycles. The van der Waals surface area contributed by atoms with Crippen molar-refractivity contribution in [2.75, 3.05) is 4.41 Å². The molecule has 2 N–H and O–H groups in total. The molecule has 8 heteroatoms. The van der Waals surface area contributed by atoms with Crippen LogP contribution in [0.25, 0.3) is 5.08 Å². The number of diazo groups is 1. The molecular formula is C7H6N5O2S+. The number of nitrogens with zero attached hydrogens (tertiary/aromatic N) is 4. The fourth-order valence-electron chi connectivity index (χ4n) is 1.35. The number of nitro benzene ring substituents is 1. The maximum Gasteiger partial charge on any atom is 0.322 e. The fraction of sp³-hybridized carbons (Fsp3) is 0.143. The van der Waals surface area contributed by atoms with Crippen molar-refractivity contribution in [3.8, 4) is 0 Å². The molecule has 0 amide bonds. The lowest BCUT2D eigenvalue weighted by Crippen LogP contribution is -2.02. The quantitative estimate of drug-likeness (QED) is 0.338. The Hall–Kier alpha value is -1.85. The van der Waals surface area contributed by atoms with Crippen LogP contribution in [0.4, 0.5) is 11.4 Å². The third-order valence-electron chi connectivity index (χ3n) is 2.03. The molecule has 0 spiro atoms. The Labute approximate surface area is 88.7 Å². The van der Waals surface area contributed by atoms with Crippen molar-refractivity contribution in [3.63, 3.8) is 0 Å². The van der Waals surface area contributed by atoms with Gasteiger partial charge in [0.25, 0.3) is 11.1 Å². The molecule has 1 aromatic rings. The van der Waals surface area contributed by atoms with E-state index in [9.17, 15) is 10.1 Å². The Bertz CT molecular complexity index is 471. The van der Waals surface area contributed by atoms with E-state index in [4.69, 9.17) is 11.1 Å². The Morgan fingerprint density at radius 1 is 1.67 bits per heavy atom. The van der Waals surface area contributed by atoms with E-state index in [0.717, 1.165) is 11.9 Å². The van der Waals surface area contributed by atoms with Crippen LogP contribution in [0.15, 0.2) is 18.2 Å². The molecule has 0 radical (unpaired) electrons. The van der Waals surface area contributed by atoms with Crippen molar-refractivity contribution >= 4 is 23.3 Å². The maximum absolute atomic E-state index is 10.5. The molecule has 15 heavy (non-hydrogen) atoms. The summed E-state index contributed by atoms with van der Waals surface area (Å²) in [5.74, 6) is 0. The van der Waals surface area contributed by atoms with Gasteiger partial charge in [-0.05, 0) is 6.07 Å². The van der Waals surface area contributed by atoms with E-state index in [-0.39, 0.29) is 5.69 Å². The number of benzene rings is 1. The van der Waals surface area contributed by atoms with Gasteiger partial charge in [-0.2, -0.15) is 0 Å². The largest absolute Gasteiger partial charge is 0.322 e. The number of nitrogens with two attached hydrogens (primary N) is 1. The van der Waals surface area contributed by atoms with Crippen LogP contribution in [0.5, 0.6) is 0 Å². The van der Waals surface area contributed by atoms with Gasteiger partial charge in [-0.1, -0.05) is 0 Å². The van der Waals surface area contributed by atoms with E-state index >= 15 is 0 Å². The van der Waals surface area contributed by atoms with Crippen LogP contribution in [0, 0.1) is 15.5 Å². The van der Waals surface area contributed by atoms with E-state index in [0.29, 0.717) is 11.3 Å². The van der Waals surface area contributed by atoms with Gasteiger partial charge < -0.3 is 5.73 Å². The highest BCUT2D eigenvalue weighted by Gasteiger charge is 2.36. The average Bonchev–Trinajstić information content (AvgIpc) is 2.55. The third-order valence-corrected chi connectivity index (χ3v) is 2.98. The molecule has 1 aliphatic rings. The normalized spacial score (nSPS) is 18.4. The highest BCUT2D eigenvalue weighted by Crippen LogP contribution is 2.45. The second-order valence-electron chi connectivity index (χ2n) is 2.89. The summed E-state index contributed by atoms with van der Waals surface area (Å²) in [6.45, 7) is 0. The lowest BCUT2D eigenvalue weighted by molar-refractivity contribution is -0.384. The Balaban J connectivity index is 2.51. The van der Waals surface area contributed by atoms with Crippen LogP contribution in [-0.4, -0.2) is 4.92 Å². The summed E-state index contributed by atoms with van der Waals surface area (Å²) >= 11 is 1.09. The van der Waals surface area contributed by atoms with E-state index in [2.05, 4.69) is 5.08 Å². The van der Waals surface area contributed by atoms with E-state index in [1.165, 1.54) is 22.6 Å². The fourth-order valence-corrected chi connectivity index (χ4v) is 2.19. The maximum atomic E-state index is 10.5. The van der Waals surface area contributed by atoms with Gasteiger partial charge in [-0.25, -0.2) is 0 Å². The zero-order valence-corrected chi connectivity index (χ0v) is 8.22. The molecule has 0 fully saturated rings. The van der Waals surface area contributed by atoms with Gasteiger partial charge in [-0.3, -0.25) is 10.1 Å². The molecule has 7 nitrogen and oxygen atoms in total.